The van der Waals surface area contributed by atoms with Crippen LogP contribution in [0.3, 0.4) is 0 Å². The van der Waals surface area contributed by atoms with Gasteiger partial charge in [-0.2, -0.15) is 4.37 Å². The normalized spacial score (nSPS) is 10.8. The summed E-state index contributed by atoms with van der Waals surface area (Å²) in [5, 5.41) is 1.19. The lowest BCUT2D eigenvalue weighted by Crippen LogP contribution is -1.91. The molecule has 0 atom stereocenters. The summed E-state index contributed by atoms with van der Waals surface area (Å²) in [5.74, 6) is 1.47. The van der Waals surface area contributed by atoms with Gasteiger partial charge in [-0.05, 0) is 23.3 Å². The zero-order valence-corrected chi connectivity index (χ0v) is 13.5. The van der Waals surface area contributed by atoms with Gasteiger partial charge < -0.3 is 0 Å². The summed E-state index contributed by atoms with van der Waals surface area (Å²) in [6, 6.07) is 11.5. The van der Waals surface area contributed by atoms with E-state index in [1.165, 1.54) is 23.3 Å². The SMILES string of the molecule is CCc1nsc(Sc2cc(Cl)nc(-c3ccccc3)n2)n1. The molecule has 4 nitrogen and oxygen atoms in total. The molecule has 0 fully saturated rings. The maximum atomic E-state index is 6.10. The van der Waals surface area contributed by atoms with E-state index in [0.29, 0.717) is 11.0 Å². The Bertz CT molecular complexity index is 746. The van der Waals surface area contributed by atoms with Gasteiger partial charge >= 0.3 is 0 Å². The molecule has 0 unspecified atom stereocenters. The van der Waals surface area contributed by atoms with Crippen LogP contribution in [0.4, 0.5) is 0 Å². The van der Waals surface area contributed by atoms with Crippen molar-refractivity contribution < 1.29 is 0 Å². The summed E-state index contributed by atoms with van der Waals surface area (Å²) in [4.78, 5) is 13.2. The standard InChI is InChI=1S/C14H11ClN4S2/c1-2-11-17-14(21-19-11)20-12-8-10(15)16-13(18-12)9-6-4-3-5-7-9/h3-8H,2H2,1H3. The van der Waals surface area contributed by atoms with Crippen LogP contribution >= 0.6 is 34.9 Å². The van der Waals surface area contributed by atoms with Gasteiger partial charge in [0.2, 0.25) is 0 Å². The van der Waals surface area contributed by atoms with Gasteiger partial charge in [-0.15, -0.1) is 0 Å². The minimum atomic E-state index is 0.423. The minimum absolute atomic E-state index is 0.423. The molecular weight excluding hydrogens is 324 g/mol. The van der Waals surface area contributed by atoms with Crippen LogP contribution in [0, 0.1) is 0 Å². The van der Waals surface area contributed by atoms with Crippen LogP contribution in [0.1, 0.15) is 12.7 Å². The van der Waals surface area contributed by atoms with E-state index < -0.39 is 0 Å². The third-order valence-electron chi connectivity index (χ3n) is 2.66. The van der Waals surface area contributed by atoms with E-state index in [4.69, 9.17) is 11.6 Å². The van der Waals surface area contributed by atoms with Crippen LogP contribution in [0.5, 0.6) is 0 Å². The van der Waals surface area contributed by atoms with E-state index in [1.807, 2.05) is 37.3 Å². The smallest absolute Gasteiger partial charge is 0.176 e. The largest absolute Gasteiger partial charge is 0.221 e. The van der Waals surface area contributed by atoms with Crippen LogP contribution in [0.25, 0.3) is 11.4 Å². The van der Waals surface area contributed by atoms with Gasteiger partial charge in [-0.1, -0.05) is 48.9 Å². The molecule has 106 valence electrons. The fourth-order valence-corrected chi connectivity index (χ4v) is 3.58. The molecule has 0 aliphatic rings. The molecule has 0 saturated carbocycles. The Morgan fingerprint density at radius 3 is 2.67 bits per heavy atom. The quantitative estimate of drug-likeness (QED) is 0.663. The van der Waals surface area contributed by atoms with Crippen molar-refractivity contribution in [1.82, 2.24) is 19.3 Å². The number of halogens is 1. The first-order chi connectivity index (χ1) is 10.2. The maximum Gasteiger partial charge on any atom is 0.176 e. The molecule has 7 heteroatoms. The van der Waals surface area contributed by atoms with E-state index in [0.717, 1.165) is 27.2 Å². The Morgan fingerprint density at radius 2 is 1.95 bits per heavy atom. The van der Waals surface area contributed by atoms with Crippen molar-refractivity contribution in [2.45, 2.75) is 22.7 Å². The number of rotatable bonds is 4. The molecule has 0 aliphatic carbocycles. The summed E-state index contributed by atoms with van der Waals surface area (Å²) in [6.45, 7) is 2.03. The summed E-state index contributed by atoms with van der Waals surface area (Å²) in [6.07, 6.45) is 0.830. The molecular formula is C14H11ClN4S2. The Labute approximate surface area is 135 Å². The summed E-state index contributed by atoms with van der Waals surface area (Å²) in [7, 11) is 0. The number of hydrogen-bond acceptors (Lipinski definition) is 6. The van der Waals surface area contributed by atoms with E-state index in [2.05, 4.69) is 19.3 Å². The molecule has 3 aromatic rings. The minimum Gasteiger partial charge on any atom is -0.221 e. The first-order valence-corrected chi connectivity index (χ1v) is 8.32. The average molecular weight is 335 g/mol. The fraction of sp³-hybridized carbons (Fsp3) is 0.143. The molecule has 2 aromatic heterocycles. The van der Waals surface area contributed by atoms with Gasteiger partial charge in [-0.25, -0.2) is 15.0 Å². The highest BCUT2D eigenvalue weighted by Gasteiger charge is 2.10. The van der Waals surface area contributed by atoms with Gasteiger partial charge in [0, 0.05) is 18.1 Å². The maximum absolute atomic E-state index is 6.10. The van der Waals surface area contributed by atoms with Gasteiger partial charge in [0.25, 0.3) is 0 Å². The first kappa shape index (κ1) is 14.4. The third kappa shape index (κ3) is 3.58. The van der Waals surface area contributed by atoms with Crippen molar-refractivity contribution >= 4 is 34.9 Å². The molecule has 0 amide bonds. The van der Waals surface area contributed by atoms with Gasteiger partial charge in [0.05, 0.1) is 0 Å². The second-order valence-electron chi connectivity index (χ2n) is 4.15. The van der Waals surface area contributed by atoms with E-state index in [1.54, 1.807) is 6.07 Å². The Morgan fingerprint density at radius 1 is 1.14 bits per heavy atom. The molecule has 1 aromatic carbocycles. The molecule has 0 N–H and O–H groups in total. The Kier molecular flexibility index (Phi) is 4.48. The predicted molar refractivity (Wildman–Crippen MR) is 85.9 cm³/mol. The lowest BCUT2D eigenvalue weighted by atomic mass is 10.2. The van der Waals surface area contributed by atoms with E-state index >= 15 is 0 Å². The average Bonchev–Trinajstić information content (AvgIpc) is 2.95. The van der Waals surface area contributed by atoms with Gasteiger partial charge in [-0.3, -0.25) is 0 Å². The zero-order chi connectivity index (χ0) is 14.7. The lowest BCUT2D eigenvalue weighted by Gasteiger charge is -2.03. The van der Waals surface area contributed by atoms with E-state index in [9.17, 15) is 0 Å². The Balaban J connectivity index is 1.91. The molecule has 0 aliphatic heterocycles. The van der Waals surface area contributed by atoms with Crippen molar-refractivity contribution in [3.05, 3.63) is 47.4 Å². The monoisotopic (exact) mass is 334 g/mol. The van der Waals surface area contributed by atoms with Crippen molar-refractivity contribution in [2.24, 2.45) is 0 Å². The second kappa shape index (κ2) is 6.51. The molecule has 0 radical (unpaired) electrons. The van der Waals surface area contributed by atoms with Crippen LogP contribution in [0.15, 0.2) is 45.8 Å². The highest BCUT2D eigenvalue weighted by Crippen LogP contribution is 2.30. The molecule has 21 heavy (non-hydrogen) atoms. The fourth-order valence-electron chi connectivity index (χ4n) is 1.68. The molecule has 0 bridgehead atoms. The zero-order valence-electron chi connectivity index (χ0n) is 11.2. The van der Waals surface area contributed by atoms with Crippen molar-refractivity contribution in [1.29, 1.82) is 0 Å². The third-order valence-corrected chi connectivity index (χ3v) is 4.56. The number of nitrogens with zero attached hydrogens (tertiary/aromatic N) is 4. The summed E-state index contributed by atoms with van der Waals surface area (Å²) < 4.78 is 5.13. The molecule has 0 saturated heterocycles. The highest BCUT2D eigenvalue weighted by molar-refractivity contribution is 8.00. The number of hydrogen-bond donors (Lipinski definition) is 0. The van der Waals surface area contributed by atoms with Crippen molar-refractivity contribution in [3.63, 3.8) is 0 Å². The Hall–Kier alpha value is -1.50. The number of aryl methyl sites for hydroxylation is 1. The van der Waals surface area contributed by atoms with Crippen LogP contribution in [0.2, 0.25) is 5.15 Å². The summed E-state index contributed by atoms with van der Waals surface area (Å²) >= 11 is 8.93. The molecule has 3 rings (SSSR count). The van der Waals surface area contributed by atoms with Crippen LogP contribution < -0.4 is 0 Å². The number of benzene rings is 1. The number of aromatic nitrogens is 4. The first-order valence-electron chi connectivity index (χ1n) is 6.35. The van der Waals surface area contributed by atoms with Crippen LogP contribution in [-0.4, -0.2) is 19.3 Å². The molecule has 0 spiro atoms. The van der Waals surface area contributed by atoms with Gasteiger partial charge in [0.1, 0.15) is 16.0 Å². The van der Waals surface area contributed by atoms with Gasteiger partial charge in [0.15, 0.2) is 10.2 Å². The topological polar surface area (TPSA) is 51.6 Å². The van der Waals surface area contributed by atoms with Crippen molar-refractivity contribution in [3.8, 4) is 11.4 Å². The highest BCUT2D eigenvalue weighted by atomic mass is 35.5. The predicted octanol–water partition coefficient (Wildman–Crippen LogP) is 4.36. The van der Waals surface area contributed by atoms with E-state index in [-0.39, 0.29) is 0 Å². The van der Waals surface area contributed by atoms with Crippen molar-refractivity contribution in [2.75, 3.05) is 0 Å². The lowest BCUT2D eigenvalue weighted by molar-refractivity contribution is 0.969. The molecule has 2 heterocycles. The van der Waals surface area contributed by atoms with Crippen LogP contribution in [-0.2, 0) is 6.42 Å². The second-order valence-corrected chi connectivity index (χ2v) is 6.56. The summed E-state index contributed by atoms with van der Waals surface area (Å²) in [5.41, 5.74) is 0.938.